The molecule has 7 heteroatoms. The number of nitrogens with one attached hydrogen (secondary N) is 1. The first kappa shape index (κ1) is 18.8. The molecule has 1 aliphatic carbocycles. The number of pyridine rings is 1. The molecule has 5 rings (SSSR count). The van der Waals surface area contributed by atoms with Crippen LogP contribution >= 0.6 is 11.3 Å². The van der Waals surface area contributed by atoms with Gasteiger partial charge in [-0.1, -0.05) is 29.5 Å². The van der Waals surface area contributed by atoms with Gasteiger partial charge in [0.1, 0.15) is 5.82 Å². The van der Waals surface area contributed by atoms with Gasteiger partial charge in [-0.15, -0.1) is 0 Å². The maximum atomic E-state index is 6.11. The minimum Gasteiger partial charge on any atom is -0.375 e. The van der Waals surface area contributed by atoms with Gasteiger partial charge in [0.15, 0.2) is 5.13 Å². The van der Waals surface area contributed by atoms with Crippen molar-refractivity contribution in [2.45, 2.75) is 33.1 Å². The number of benzene rings is 1. The molecule has 0 spiro atoms. The highest BCUT2D eigenvalue weighted by atomic mass is 32.1. The molecule has 0 saturated heterocycles. The van der Waals surface area contributed by atoms with Gasteiger partial charge >= 0.3 is 0 Å². The largest absolute Gasteiger partial charge is 0.375 e. The molecule has 0 saturated carbocycles. The van der Waals surface area contributed by atoms with Gasteiger partial charge in [0.2, 0.25) is 0 Å². The van der Waals surface area contributed by atoms with E-state index in [9.17, 15) is 0 Å². The van der Waals surface area contributed by atoms with E-state index in [1.807, 2.05) is 12.3 Å². The average Bonchev–Trinajstić information content (AvgIpc) is 3.24. The van der Waals surface area contributed by atoms with Crippen molar-refractivity contribution in [2.75, 3.05) is 17.6 Å². The second-order valence-electron chi connectivity index (χ2n) is 7.52. The van der Waals surface area contributed by atoms with Gasteiger partial charge in [-0.05, 0) is 56.9 Å². The van der Waals surface area contributed by atoms with Crippen molar-refractivity contribution >= 4 is 22.3 Å². The number of nitrogens with two attached hydrogens (primary N) is 1. The number of aryl methyl sites for hydroxylation is 2. The predicted molar refractivity (Wildman–Crippen MR) is 123 cm³/mol. The van der Waals surface area contributed by atoms with E-state index in [0.717, 1.165) is 64.8 Å². The number of nitrogen functional groups attached to an aromatic ring is 1. The summed E-state index contributed by atoms with van der Waals surface area (Å²) in [5.41, 5.74) is 13.8. The molecule has 3 aromatic heterocycles. The monoisotopic (exact) mass is 416 g/mol. The highest BCUT2D eigenvalue weighted by Crippen LogP contribution is 2.42. The summed E-state index contributed by atoms with van der Waals surface area (Å²) in [6.07, 6.45) is 4.82. The van der Waals surface area contributed by atoms with Crippen molar-refractivity contribution in [2.24, 2.45) is 0 Å². The molecule has 1 aliphatic rings. The maximum Gasteiger partial charge on any atom is 0.180 e. The third-order valence-corrected chi connectivity index (χ3v) is 6.42. The summed E-state index contributed by atoms with van der Waals surface area (Å²) < 4.78 is 2.08. The van der Waals surface area contributed by atoms with E-state index in [1.54, 1.807) is 11.3 Å². The Morgan fingerprint density at radius 1 is 1.17 bits per heavy atom. The average molecular weight is 417 g/mol. The summed E-state index contributed by atoms with van der Waals surface area (Å²) in [6.45, 7) is 5.03. The molecule has 30 heavy (non-hydrogen) atoms. The van der Waals surface area contributed by atoms with E-state index in [2.05, 4.69) is 64.1 Å². The summed E-state index contributed by atoms with van der Waals surface area (Å²) in [4.78, 5) is 10.3. The molecule has 1 aromatic carbocycles. The summed E-state index contributed by atoms with van der Waals surface area (Å²) in [5.74, 6) is 0.878. The van der Waals surface area contributed by atoms with Crippen LogP contribution < -0.4 is 11.1 Å². The SMILES string of the molecule is CCNc1ccc(-c2nn(-c3ccccc3C)c3c2CCCc2nc(N)sc2-3)cn1. The minimum absolute atomic E-state index is 0.614. The van der Waals surface area contributed by atoms with E-state index in [-0.39, 0.29) is 0 Å². The number of rotatable bonds is 4. The Hall–Kier alpha value is -3.19. The standard InChI is InChI=1S/C23H24N6S/c1-3-25-19-12-11-15(13-26-19)20-16-8-6-9-17-22(30-23(24)27-17)21(16)29(28-20)18-10-5-4-7-14(18)2/h4-5,7,10-13H,3,6,8-9H2,1-2H3,(H2,24,27)(H,25,26). The van der Waals surface area contributed by atoms with E-state index >= 15 is 0 Å². The van der Waals surface area contributed by atoms with Crippen LogP contribution in [0.25, 0.3) is 27.5 Å². The van der Waals surface area contributed by atoms with Crippen LogP contribution in [-0.2, 0) is 12.8 Å². The number of anilines is 2. The molecule has 0 radical (unpaired) electrons. The molecular weight excluding hydrogens is 392 g/mol. The van der Waals surface area contributed by atoms with Crippen LogP contribution in [0.5, 0.6) is 0 Å². The second kappa shape index (κ2) is 7.57. The molecule has 0 fully saturated rings. The smallest absolute Gasteiger partial charge is 0.180 e. The summed E-state index contributed by atoms with van der Waals surface area (Å²) in [6, 6.07) is 12.5. The summed E-state index contributed by atoms with van der Waals surface area (Å²) in [5, 5.41) is 8.98. The highest BCUT2D eigenvalue weighted by molar-refractivity contribution is 7.18. The molecule has 6 nitrogen and oxygen atoms in total. The van der Waals surface area contributed by atoms with Crippen LogP contribution in [0.1, 0.15) is 30.2 Å². The topological polar surface area (TPSA) is 81.7 Å². The number of aromatic nitrogens is 4. The zero-order valence-corrected chi connectivity index (χ0v) is 18.0. The van der Waals surface area contributed by atoms with Crippen LogP contribution in [0.3, 0.4) is 0 Å². The Labute approximate surface area is 179 Å². The third kappa shape index (κ3) is 3.15. The Bertz CT molecular complexity index is 1210. The van der Waals surface area contributed by atoms with E-state index in [0.29, 0.717) is 5.13 Å². The van der Waals surface area contributed by atoms with Gasteiger partial charge in [-0.25, -0.2) is 14.6 Å². The van der Waals surface area contributed by atoms with Crippen molar-refractivity contribution in [3.8, 4) is 27.5 Å². The van der Waals surface area contributed by atoms with E-state index in [1.165, 1.54) is 11.1 Å². The first-order valence-electron chi connectivity index (χ1n) is 10.3. The fraction of sp³-hybridized carbons (Fsp3) is 0.261. The second-order valence-corrected chi connectivity index (χ2v) is 8.55. The zero-order valence-electron chi connectivity index (χ0n) is 17.1. The van der Waals surface area contributed by atoms with Gasteiger partial charge in [-0.3, -0.25) is 0 Å². The van der Waals surface area contributed by atoms with Crippen molar-refractivity contribution in [3.63, 3.8) is 0 Å². The number of para-hydroxylation sites is 1. The lowest BCUT2D eigenvalue weighted by molar-refractivity contribution is 0.818. The Morgan fingerprint density at radius 3 is 2.80 bits per heavy atom. The molecule has 152 valence electrons. The normalized spacial score (nSPS) is 12.9. The first-order chi connectivity index (χ1) is 14.7. The summed E-state index contributed by atoms with van der Waals surface area (Å²) >= 11 is 1.56. The molecule has 4 aromatic rings. The van der Waals surface area contributed by atoms with Gasteiger partial charge in [0.25, 0.3) is 0 Å². The van der Waals surface area contributed by atoms with Gasteiger partial charge in [0, 0.05) is 23.9 Å². The van der Waals surface area contributed by atoms with Crippen LogP contribution in [-0.4, -0.2) is 26.3 Å². The highest BCUT2D eigenvalue weighted by Gasteiger charge is 2.28. The lowest BCUT2D eigenvalue weighted by atomic mass is 10.0. The van der Waals surface area contributed by atoms with Crippen molar-refractivity contribution in [1.29, 1.82) is 0 Å². The molecule has 0 amide bonds. The molecular formula is C23H24N6S. The quantitative estimate of drug-likeness (QED) is 0.496. The number of hydrogen-bond acceptors (Lipinski definition) is 6. The molecule has 0 atom stereocenters. The minimum atomic E-state index is 0.614. The van der Waals surface area contributed by atoms with E-state index in [4.69, 9.17) is 10.8 Å². The van der Waals surface area contributed by atoms with Crippen LogP contribution in [0.2, 0.25) is 0 Å². The fourth-order valence-corrected chi connectivity index (χ4v) is 5.04. The lowest BCUT2D eigenvalue weighted by Crippen LogP contribution is -2.02. The Balaban J connectivity index is 1.75. The molecule has 3 N–H and O–H groups in total. The number of thiazole rings is 1. The fourth-order valence-electron chi connectivity index (χ4n) is 4.10. The number of hydrogen-bond donors (Lipinski definition) is 2. The van der Waals surface area contributed by atoms with Crippen molar-refractivity contribution < 1.29 is 0 Å². The molecule has 0 unspecified atom stereocenters. The van der Waals surface area contributed by atoms with Gasteiger partial charge in [0.05, 0.1) is 27.6 Å². The lowest BCUT2D eigenvalue weighted by Gasteiger charge is -2.10. The molecule has 3 heterocycles. The van der Waals surface area contributed by atoms with Crippen molar-refractivity contribution in [1.82, 2.24) is 19.7 Å². The molecule has 0 aliphatic heterocycles. The van der Waals surface area contributed by atoms with Crippen LogP contribution in [0, 0.1) is 6.92 Å². The maximum absolute atomic E-state index is 6.11. The first-order valence-corrected chi connectivity index (χ1v) is 11.1. The van der Waals surface area contributed by atoms with Gasteiger partial charge in [-0.2, -0.15) is 5.10 Å². The van der Waals surface area contributed by atoms with Crippen molar-refractivity contribution in [3.05, 3.63) is 59.4 Å². The van der Waals surface area contributed by atoms with Crippen LogP contribution in [0.15, 0.2) is 42.6 Å². The Kier molecular flexibility index (Phi) is 4.75. The third-order valence-electron chi connectivity index (χ3n) is 5.49. The number of fused-ring (bicyclic) bond motifs is 3. The molecule has 0 bridgehead atoms. The summed E-state index contributed by atoms with van der Waals surface area (Å²) in [7, 11) is 0. The van der Waals surface area contributed by atoms with Gasteiger partial charge < -0.3 is 11.1 Å². The van der Waals surface area contributed by atoms with E-state index < -0.39 is 0 Å². The van der Waals surface area contributed by atoms with Crippen LogP contribution in [0.4, 0.5) is 10.9 Å². The predicted octanol–water partition coefficient (Wildman–Crippen LogP) is 4.87. The number of nitrogens with zero attached hydrogens (tertiary/aromatic N) is 4. The Morgan fingerprint density at radius 2 is 2.03 bits per heavy atom. The zero-order chi connectivity index (χ0) is 20.7.